The second-order valence-electron chi connectivity index (χ2n) is 4.00. The zero-order valence-corrected chi connectivity index (χ0v) is 11.5. The summed E-state index contributed by atoms with van der Waals surface area (Å²) >= 11 is 17.0. The van der Waals surface area contributed by atoms with Crippen LogP contribution >= 0.6 is 34.8 Å². The minimum atomic E-state index is -4.07. The normalized spacial score (nSPS) is 21.2. The third kappa shape index (κ3) is 2.23. The molecule has 0 bridgehead atoms. The molecule has 0 spiro atoms. The summed E-state index contributed by atoms with van der Waals surface area (Å²) in [5.74, 6) is -0.558. The second-order valence-corrected chi connectivity index (χ2v) is 6.28. The molecule has 0 fully saturated rings. The second kappa shape index (κ2) is 4.22. The number of rotatable bonds is 0. The first kappa shape index (κ1) is 13.9. The summed E-state index contributed by atoms with van der Waals surface area (Å²) in [7, 11) is 0. The number of aromatic nitrogens is 2. The molecule has 0 saturated heterocycles. The topological polar surface area (TPSA) is 47.1 Å². The van der Waals surface area contributed by atoms with Crippen molar-refractivity contribution in [3.8, 4) is 11.5 Å². The van der Waals surface area contributed by atoms with E-state index < -0.39 is 16.3 Å². The van der Waals surface area contributed by atoms with Gasteiger partial charge in [-0.1, -0.05) is 34.8 Å². The van der Waals surface area contributed by atoms with Crippen LogP contribution in [0.4, 0.5) is 13.2 Å². The Bertz CT molecular complexity index is 686. The maximum atomic E-state index is 13.1. The Morgan fingerprint density at radius 2 is 1.95 bits per heavy atom. The Morgan fingerprint density at radius 1 is 1.25 bits per heavy atom. The number of nitrogens with zero attached hydrogens (tertiary/aromatic N) is 1. The van der Waals surface area contributed by atoms with Gasteiger partial charge in [-0.05, 0) is 0 Å². The Morgan fingerprint density at radius 3 is 2.60 bits per heavy atom. The van der Waals surface area contributed by atoms with Crippen LogP contribution in [0.1, 0.15) is 5.82 Å². The fourth-order valence-electron chi connectivity index (χ4n) is 1.70. The van der Waals surface area contributed by atoms with Crippen molar-refractivity contribution in [3.05, 3.63) is 18.0 Å². The number of H-pyrrole nitrogens is 1. The smallest absolute Gasteiger partial charge is 0.447 e. The van der Waals surface area contributed by atoms with Crippen LogP contribution in [-0.2, 0) is 3.79 Å². The zero-order chi connectivity index (χ0) is 14.7. The van der Waals surface area contributed by atoms with Crippen LogP contribution in [0.15, 0.2) is 12.1 Å². The average molecular weight is 348 g/mol. The van der Waals surface area contributed by atoms with E-state index in [1.165, 1.54) is 6.07 Å². The molecule has 1 aromatic carbocycles. The number of fused-ring (bicyclic) bond motifs is 2. The number of aromatic amines is 1. The summed E-state index contributed by atoms with van der Waals surface area (Å²) < 4.78 is 46.1. The van der Waals surface area contributed by atoms with E-state index in [0.29, 0.717) is 0 Å². The monoisotopic (exact) mass is 346 g/mol. The molecular weight excluding hydrogens is 343 g/mol. The van der Waals surface area contributed by atoms with Crippen LogP contribution in [0.25, 0.3) is 11.0 Å². The summed E-state index contributed by atoms with van der Waals surface area (Å²) in [4.78, 5) is 6.60. The summed E-state index contributed by atoms with van der Waals surface area (Å²) in [6.45, 7) is 0. The van der Waals surface area contributed by atoms with Gasteiger partial charge in [-0.2, -0.15) is 13.2 Å². The van der Waals surface area contributed by atoms with Crippen LogP contribution < -0.4 is 9.47 Å². The molecule has 2 heterocycles. The Kier molecular flexibility index (Phi) is 2.94. The summed E-state index contributed by atoms with van der Waals surface area (Å²) in [5.41, 5.74) is 0.535. The molecule has 0 aliphatic carbocycles. The van der Waals surface area contributed by atoms with Gasteiger partial charge in [-0.3, -0.25) is 0 Å². The molecule has 2 aromatic rings. The molecule has 1 aliphatic rings. The van der Waals surface area contributed by atoms with Gasteiger partial charge in [0.05, 0.1) is 11.0 Å². The van der Waals surface area contributed by atoms with Gasteiger partial charge in [0.25, 0.3) is 0 Å². The highest BCUT2D eigenvalue weighted by atomic mass is 35.6. The number of alkyl halides is 6. The Labute approximate surface area is 124 Å². The first-order valence-electron chi connectivity index (χ1n) is 5.15. The lowest BCUT2D eigenvalue weighted by Gasteiger charge is -2.28. The van der Waals surface area contributed by atoms with Gasteiger partial charge in [0.15, 0.2) is 17.3 Å². The molecular formula is C10H4Cl3F3N2O2. The fraction of sp³-hybridized carbons (Fsp3) is 0.300. The number of nitrogens with one attached hydrogen (secondary N) is 1. The molecule has 108 valence electrons. The maximum Gasteiger partial charge on any atom is 0.468 e. The molecule has 4 nitrogen and oxygen atoms in total. The molecule has 10 heteroatoms. The molecule has 0 radical (unpaired) electrons. The molecule has 20 heavy (non-hydrogen) atoms. The minimum Gasteiger partial charge on any atom is -0.447 e. The number of benzene rings is 1. The van der Waals surface area contributed by atoms with E-state index in [1.807, 2.05) is 0 Å². The summed E-state index contributed by atoms with van der Waals surface area (Å²) in [5, 5.41) is 0. The van der Waals surface area contributed by atoms with E-state index in [-0.39, 0.29) is 28.4 Å². The molecule has 1 atom stereocenters. The molecule has 1 aliphatic heterocycles. The molecule has 1 unspecified atom stereocenters. The van der Waals surface area contributed by atoms with Crippen LogP contribution in [0, 0.1) is 0 Å². The average Bonchev–Trinajstić information content (AvgIpc) is 2.70. The number of ether oxygens (including phenoxy) is 2. The number of hydrogen-bond donors (Lipinski definition) is 1. The van der Waals surface area contributed by atoms with Crippen LogP contribution in [0.2, 0.25) is 0 Å². The highest BCUT2D eigenvalue weighted by molar-refractivity contribution is 6.66. The standard InChI is InChI=1S/C10H4Cl3F3N2O2/c11-9(12,13)8-17-3-1-5-6(2-4(3)18-8)20-10(15,16)7(14)19-5/h1-2,7H,(H,17,18). The lowest BCUT2D eigenvalue weighted by Crippen LogP contribution is -2.43. The van der Waals surface area contributed by atoms with E-state index in [2.05, 4.69) is 19.4 Å². The highest BCUT2D eigenvalue weighted by Crippen LogP contribution is 2.43. The number of halogens is 6. The Balaban J connectivity index is 2.12. The Hall–Kier alpha value is -1.05. The van der Waals surface area contributed by atoms with Gasteiger partial charge in [0, 0.05) is 12.1 Å². The van der Waals surface area contributed by atoms with Crippen molar-refractivity contribution in [2.45, 2.75) is 16.3 Å². The predicted octanol–water partition coefficient (Wildman–Crippen LogP) is 4.05. The number of imidazole rings is 1. The predicted molar refractivity (Wildman–Crippen MR) is 66.4 cm³/mol. The van der Waals surface area contributed by atoms with Crippen molar-refractivity contribution in [3.63, 3.8) is 0 Å². The maximum absolute atomic E-state index is 13.1. The third-order valence-corrected chi connectivity index (χ3v) is 3.09. The molecule has 1 N–H and O–H groups in total. The largest absolute Gasteiger partial charge is 0.468 e. The van der Waals surface area contributed by atoms with Crippen molar-refractivity contribution < 1.29 is 22.6 Å². The van der Waals surface area contributed by atoms with Crippen molar-refractivity contribution in [1.82, 2.24) is 9.97 Å². The van der Waals surface area contributed by atoms with E-state index in [9.17, 15) is 13.2 Å². The molecule has 3 rings (SSSR count). The van der Waals surface area contributed by atoms with Gasteiger partial charge in [-0.15, -0.1) is 0 Å². The van der Waals surface area contributed by atoms with E-state index in [1.54, 1.807) is 0 Å². The third-order valence-electron chi connectivity index (χ3n) is 2.56. The fourth-order valence-corrected chi connectivity index (χ4v) is 1.97. The van der Waals surface area contributed by atoms with Crippen molar-refractivity contribution in [1.29, 1.82) is 0 Å². The molecule has 0 saturated carbocycles. The van der Waals surface area contributed by atoms with Gasteiger partial charge < -0.3 is 14.5 Å². The van der Waals surface area contributed by atoms with Crippen molar-refractivity contribution >= 4 is 45.8 Å². The zero-order valence-electron chi connectivity index (χ0n) is 9.26. The summed E-state index contributed by atoms with van der Waals surface area (Å²) in [6.07, 6.45) is -6.97. The quantitative estimate of drug-likeness (QED) is 0.731. The molecule has 0 amide bonds. The van der Waals surface area contributed by atoms with Gasteiger partial charge >= 0.3 is 12.5 Å². The minimum absolute atomic E-state index is 0.0107. The van der Waals surface area contributed by atoms with Crippen LogP contribution in [0.5, 0.6) is 11.5 Å². The van der Waals surface area contributed by atoms with Gasteiger partial charge in [0.1, 0.15) is 0 Å². The summed E-state index contributed by atoms with van der Waals surface area (Å²) in [6, 6.07) is 2.38. The lowest BCUT2D eigenvalue weighted by molar-refractivity contribution is -0.281. The highest BCUT2D eigenvalue weighted by Gasteiger charge is 2.49. The SMILES string of the molecule is FC1Oc2cc3nc(C(Cl)(Cl)Cl)[nH]c3cc2OC1(F)F. The van der Waals surface area contributed by atoms with Crippen molar-refractivity contribution in [2.75, 3.05) is 0 Å². The van der Waals surface area contributed by atoms with Crippen molar-refractivity contribution in [2.24, 2.45) is 0 Å². The van der Waals surface area contributed by atoms with E-state index in [4.69, 9.17) is 34.8 Å². The van der Waals surface area contributed by atoms with Crippen LogP contribution in [0.3, 0.4) is 0 Å². The van der Waals surface area contributed by atoms with Crippen LogP contribution in [-0.4, -0.2) is 22.4 Å². The van der Waals surface area contributed by atoms with E-state index in [0.717, 1.165) is 6.07 Å². The lowest BCUT2D eigenvalue weighted by atomic mass is 10.2. The van der Waals surface area contributed by atoms with E-state index >= 15 is 0 Å². The first-order chi connectivity index (χ1) is 9.17. The number of hydrogen-bond acceptors (Lipinski definition) is 3. The van der Waals surface area contributed by atoms with Gasteiger partial charge in [0.2, 0.25) is 3.79 Å². The first-order valence-corrected chi connectivity index (χ1v) is 6.29. The molecule has 1 aromatic heterocycles. The van der Waals surface area contributed by atoms with Gasteiger partial charge in [-0.25, -0.2) is 4.98 Å².